The summed E-state index contributed by atoms with van der Waals surface area (Å²) in [5, 5.41) is 11.9. The van der Waals surface area contributed by atoms with Crippen molar-refractivity contribution in [3.63, 3.8) is 0 Å². The second-order valence-electron chi connectivity index (χ2n) is 13.9. The van der Waals surface area contributed by atoms with Crippen molar-refractivity contribution in [3.05, 3.63) is 200 Å². The predicted molar refractivity (Wildman–Crippen MR) is 230 cm³/mol. The zero-order valence-electron chi connectivity index (χ0n) is 30.7. The summed E-state index contributed by atoms with van der Waals surface area (Å²) in [6.45, 7) is 0. The van der Waals surface area contributed by atoms with E-state index < -0.39 is 0 Å². The zero-order valence-corrected chi connectivity index (χ0v) is 30.7. The maximum absolute atomic E-state index is 9.80. The van der Waals surface area contributed by atoms with Crippen molar-refractivity contribution in [2.75, 3.05) is 0 Å². The van der Waals surface area contributed by atoms with E-state index in [4.69, 9.17) is 19.4 Å². The van der Waals surface area contributed by atoms with Crippen molar-refractivity contribution in [2.24, 2.45) is 0 Å². The molecule has 0 unspecified atom stereocenters. The minimum absolute atomic E-state index is 0.535. The Morgan fingerprint density at radius 3 is 1.51 bits per heavy atom. The van der Waals surface area contributed by atoms with Crippen molar-refractivity contribution >= 4 is 21.9 Å². The Hall–Kier alpha value is -7.94. The first-order valence-corrected chi connectivity index (χ1v) is 18.8. The van der Waals surface area contributed by atoms with Crippen molar-refractivity contribution < 1.29 is 4.42 Å². The van der Waals surface area contributed by atoms with Gasteiger partial charge < -0.3 is 4.42 Å². The van der Waals surface area contributed by atoms with Crippen LogP contribution in [0.25, 0.3) is 101 Å². The largest absolute Gasteiger partial charge is 0.456 e. The molecule has 0 amide bonds. The van der Waals surface area contributed by atoms with E-state index in [1.54, 1.807) is 0 Å². The average molecular weight is 729 g/mol. The normalized spacial score (nSPS) is 11.1. The summed E-state index contributed by atoms with van der Waals surface area (Å²) in [7, 11) is 0. The summed E-state index contributed by atoms with van der Waals surface area (Å²) in [4.78, 5) is 15.0. The number of benzene rings is 8. The van der Waals surface area contributed by atoms with E-state index in [-0.39, 0.29) is 0 Å². The van der Waals surface area contributed by atoms with Gasteiger partial charge in [-0.05, 0) is 93.0 Å². The highest BCUT2D eigenvalue weighted by molar-refractivity contribution is 6.13. The van der Waals surface area contributed by atoms with Crippen LogP contribution in [-0.2, 0) is 0 Å². The standard InChI is InChI=1S/C52H32N4O/c53-33-40-20-10-11-23-44(40)37-21-12-22-38(28-37)51-54-50(36-18-8-3-9-19-36)55-52(56-51)39-26-27-46-48(32-39)57-47-25-13-24-45(49(46)47)43-30-41(34-14-4-1-5-15-34)29-42(31-43)35-16-6-2-7-17-35/h1-32H. The van der Waals surface area contributed by atoms with E-state index in [0.717, 1.165) is 83.1 Å². The molecule has 0 aliphatic carbocycles. The van der Waals surface area contributed by atoms with Gasteiger partial charge in [0, 0.05) is 27.5 Å². The first-order valence-electron chi connectivity index (χ1n) is 18.8. The zero-order chi connectivity index (χ0) is 38.1. The molecule has 2 aromatic heterocycles. The van der Waals surface area contributed by atoms with Gasteiger partial charge in [-0.2, -0.15) is 5.26 Å². The maximum Gasteiger partial charge on any atom is 0.164 e. The number of nitrogens with zero attached hydrogens (tertiary/aromatic N) is 4. The summed E-state index contributed by atoms with van der Waals surface area (Å²) in [6.07, 6.45) is 0. The molecule has 57 heavy (non-hydrogen) atoms. The molecule has 0 spiro atoms. The first-order chi connectivity index (χ1) is 28.2. The van der Waals surface area contributed by atoms with Crippen molar-refractivity contribution in [3.8, 4) is 84.7 Å². The lowest BCUT2D eigenvalue weighted by Crippen LogP contribution is -2.00. The molecule has 0 aliphatic heterocycles. The van der Waals surface area contributed by atoms with Crippen LogP contribution < -0.4 is 0 Å². The Labute approximate surface area is 329 Å². The Morgan fingerprint density at radius 1 is 0.351 bits per heavy atom. The Balaban J connectivity index is 1.11. The monoisotopic (exact) mass is 728 g/mol. The molecule has 0 atom stereocenters. The molecule has 5 nitrogen and oxygen atoms in total. The molecule has 0 saturated carbocycles. The van der Waals surface area contributed by atoms with Gasteiger partial charge in [0.2, 0.25) is 0 Å². The minimum Gasteiger partial charge on any atom is -0.456 e. The van der Waals surface area contributed by atoms with Gasteiger partial charge in [-0.25, -0.2) is 15.0 Å². The minimum atomic E-state index is 0.535. The van der Waals surface area contributed by atoms with Crippen LogP contribution in [0.4, 0.5) is 0 Å². The van der Waals surface area contributed by atoms with Crippen molar-refractivity contribution in [1.82, 2.24) is 15.0 Å². The van der Waals surface area contributed by atoms with Crippen molar-refractivity contribution in [1.29, 1.82) is 5.26 Å². The van der Waals surface area contributed by atoms with Crippen LogP contribution >= 0.6 is 0 Å². The summed E-state index contributed by atoms with van der Waals surface area (Å²) in [5.74, 6) is 1.64. The first kappa shape index (κ1) is 33.6. The lowest BCUT2D eigenvalue weighted by atomic mass is 9.91. The van der Waals surface area contributed by atoms with Gasteiger partial charge in [0.15, 0.2) is 17.5 Å². The number of aromatic nitrogens is 3. The molecule has 10 aromatic rings. The van der Waals surface area contributed by atoms with Gasteiger partial charge in [-0.15, -0.1) is 0 Å². The van der Waals surface area contributed by atoms with Crippen LogP contribution in [0.15, 0.2) is 199 Å². The molecule has 5 heteroatoms. The van der Waals surface area contributed by atoms with E-state index in [2.05, 4.69) is 97.1 Å². The fraction of sp³-hybridized carbons (Fsp3) is 0. The number of fused-ring (bicyclic) bond motifs is 3. The highest BCUT2D eigenvalue weighted by Gasteiger charge is 2.18. The molecular weight excluding hydrogens is 697 g/mol. The topological polar surface area (TPSA) is 75.6 Å². The highest BCUT2D eigenvalue weighted by Crippen LogP contribution is 2.41. The predicted octanol–water partition coefficient (Wildman–Crippen LogP) is 13.3. The molecule has 0 N–H and O–H groups in total. The summed E-state index contributed by atoms with van der Waals surface area (Å²) >= 11 is 0. The lowest BCUT2D eigenvalue weighted by Gasteiger charge is -2.12. The van der Waals surface area contributed by atoms with Crippen molar-refractivity contribution in [2.45, 2.75) is 0 Å². The van der Waals surface area contributed by atoms with E-state index >= 15 is 0 Å². The van der Waals surface area contributed by atoms with E-state index in [9.17, 15) is 5.26 Å². The van der Waals surface area contributed by atoms with Crippen LogP contribution in [-0.4, -0.2) is 15.0 Å². The van der Waals surface area contributed by atoms with E-state index in [0.29, 0.717) is 23.0 Å². The number of rotatable bonds is 7. The Morgan fingerprint density at radius 2 is 0.842 bits per heavy atom. The fourth-order valence-electron chi connectivity index (χ4n) is 7.59. The average Bonchev–Trinajstić information content (AvgIpc) is 3.68. The molecular formula is C52H32N4O. The molecule has 0 saturated heterocycles. The van der Waals surface area contributed by atoms with Gasteiger partial charge in [0.05, 0.1) is 11.6 Å². The number of nitriles is 1. The number of furan rings is 1. The van der Waals surface area contributed by atoms with E-state index in [1.807, 2.05) is 103 Å². The molecule has 8 aromatic carbocycles. The smallest absolute Gasteiger partial charge is 0.164 e. The number of hydrogen-bond donors (Lipinski definition) is 0. The van der Waals surface area contributed by atoms with Gasteiger partial charge in [0.1, 0.15) is 11.2 Å². The molecule has 0 aliphatic rings. The molecule has 0 fully saturated rings. The fourth-order valence-corrected chi connectivity index (χ4v) is 7.59. The van der Waals surface area contributed by atoms with Gasteiger partial charge in [0.25, 0.3) is 0 Å². The Kier molecular flexibility index (Phi) is 8.48. The van der Waals surface area contributed by atoms with Crippen LogP contribution in [0.1, 0.15) is 5.56 Å². The Bertz CT molecular complexity index is 3070. The highest BCUT2D eigenvalue weighted by atomic mass is 16.3. The molecule has 0 radical (unpaired) electrons. The third kappa shape index (κ3) is 6.42. The molecule has 10 rings (SSSR count). The summed E-state index contributed by atoms with van der Waals surface area (Å²) in [6, 6.07) is 68.2. The van der Waals surface area contributed by atoms with Gasteiger partial charge in [-0.1, -0.05) is 146 Å². The van der Waals surface area contributed by atoms with Crippen LogP contribution in [0.2, 0.25) is 0 Å². The third-order valence-electron chi connectivity index (χ3n) is 10.4. The van der Waals surface area contributed by atoms with Gasteiger partial charge in [-0.3, -0.25) is 0 Å². The summed E-state index contributed by atoms with van der Waals surface area (Å²) < 4.78 is 6.63. The second kappa shape index (κ2) is 14.4. The molecule has 2 heterocycles. The van der Waals surface area contributed by atoms with Crippen LogP contribution in [0.5, 0.6) is 0 Å². The molecule has 0 bridgehead atoms. The third-order valence-corrected chi connectivity index (χ3v) is 10.4. The number of hydrogen-bond acceptors (Lipinski definition) is 5. The van der Waals surface area contributed by atoms with Gasteiger partial charge >= 0.3 is 0 Å². The second-order valence-corrected chi connectivity index (χ2v) is 13.9. The van der Waals surface area contributed by atoms with E-state index in [1.165, 1.54) is 0 Å². The summed E-state index contributed by atoms with van der Waals surface area (Å²) in [5.41, 5.74) is 13.3. The maximum atomic E-state index is 9.80. The van der Waals surface area contributed by atoms with Crippen LogP contribution in [0, 0.1) is 11.3 Å². The lowest BCUT2D eigenvalue weighted by molar-refractivity contribution is 0.669. The quantitative estimate of drug-likeness (QED) is 0.163. The SMILES string of the molecule is N#Cc1ccccc1-c1cccc(-c2nc(-c3ccccc3)nc(-c3ccc4c(c3)oc3cccc(-c5cc(-c6ccccc6)cc(-c6ccccc6)c5)c34)n2)c1. The molecule has 266 valence electrons. The van der Waals surface area contributed by atoms with Crippen LogP contribution in [0.3, 0.4) is 0 Å².